The van der Waals surface area contributed by atoms with Crippen molar-refractivity contribution in [2.24, 2.45) is 5.92 Å². The molecule has 0 bridgehead atoms. The third-order valence-corrected chi connectivity index (χ3v) is 10.4. The molecule has 51 heavy (non-hydrogen) atoms. The summed E-state index contributed by atoms with van der Waals surface area (Å²) in [6.45, 7) is 14.8. The van der Waals surface area contributed by atoms with E-state index in [0.29, 0.717) is 6.61 Å². The molecule has 0 aliphatic rings. The zero-order valence-corrected chi connectivity index (χ0v) is 35.1. The standard InChI is InChI=1S/C45H91NO5/c1-5-9-13-16-18-24-34-43(33-23-15-11-7-3)45(48)51-42-32-21-19-26-36-46(38-28-29-39-47)37-27-22-25-35-44(49-40-30-12-8-4)50-41-31-20-17-14-10-6-2/h43-44,47H,5-42H2,1-4H3. The van der Waals surface area contributed by atoms with Gasteiger partial charge >= 0.3 is 5.97 Å². The quantitative estimate of drug-likeness (QED) is 0.0383. The minimum absolute atomic E-state index is 0.0468. The number of aliphatic hydroxyl groups excluding tert-OH is 1. The Kier molecular flexibility index (Phi) is 41.5. The molecule has 6 nitrogen and oxygen atoms in total. The van der Waals surface area contributed by atoms with Crippen LogP contribution in [-0.4, -0.2) is 68.3 Å². The fraction of sp³-hybridized carbons (Fsp3) is 0.978. The lowest BCUT2D eigenvalue weighted by Crippen LogP contribution is -2.27. The topological polar surface area (TPSA) is 68.2 Å². The van der Waals surface area contributed by atoms with Crippen LogP contribution in [0.15, 0.2) is 0 Å². The molecular weight excluding hydrogens is 634 g/mol. The molecule has 0 saturated heterocycles. The number of rotatable bonds is 43. The van der Waals surface area contributed by atoms with Gasteiger partial charge < -0.3 is 24.2 Å². The van der Waals surface area contributed by atoms with Gasteiger partial charge in [0.25, 0.3) is 0 Å². The molecule has 0 fully saturated rings. The third-order valence-electron chi connectivity index (χ3n) is 10.4. The number of aliphatic hydroxyl groups is 1. The Bertz CT molecular complexity index is 677. The molecule has 0 aliphatic carbocycles. The Labute approximate surface area is 319 Å². The highest BCUT2D eigenvalue weighted by Crippen LogP contribution is 2.21. The highest BCUT2D eigenvalue weighted by molar-refractivity contribution is 5.72. The third kappa shape index (κ3) is 36.1. The van der Waals surface area contributed by atoms with Gasteiger partial charge in [-0.05, 0) is 90.3 Å². The molecule has 0 spiro atoms. The van der Waals surface area contributed by atoms with Crippen LogP contribution in [0, 0.1) is 5.92 Å². The highest BCUT2D eigenvalue weighted by atomic mass is 16.7. The van der Waals surface area contributed by atoms with Crippen LogP contribution in [0.3, 0.4) is 0 Å². The van der Waals surface area contributed by atoms with Gasteiger partial charge in [-0.15, -0.1) is 0 Å². The number of ether oxygens (including phenoxy) is 3. The second kappa shape index (κ2) is 42.1. The minimum atomic E-state index is -0.0468. The molecule has 6 heteroatoms. The molecule has 0 aromatic rings. The fourth-order valence-electron chi connectivity index (χ4n) is 6.93. The smallest absolute Gasteiger partial charge is 0.308 e. The van der Waals surface area contributed by atoms with E-state index in [9.17, 15) is 9.90 Å². The van der Waals surface area contributed by atoms with Gasteiger partial charge in [0.2, 0.25) is 0 Å². The first-order chi connectivity index (χ1) is 25.1. The average Bonchev–Trinajstić information content (AvgIpc) is 3.13. The zero-order valence-electron chi connectivity index (χ0n) is 35.1. The van der Waals surface area contributed by atoms with Crippen molar-refractivity contribution in [3.05, 3.63) is 0 Å². The van der Waals surface area contributed by atoms with Gasteiger partial charge in [-0.2, -0.15) is 0 Å². The summed E-state index contributed by atoms with van der Waals surface area (Å²) >= 11 is 0. The molecule has 0 aromatic heterocycles. The predicted octanol–water partition coefficient (Wildman–Crippen LogP) is 13.0. The first kappa shape index (κ1) is 50.3. The highest BCUT2D eigenvalue weighted by Gasteiger charge is 2.19. The summed E-state index contributed by atoms with van der Waals surface area (Å²) < 4.78 is 18.2. The first-order valence-electron chi connectivity index (χ1n) is 22.9. The summed E-state index contributed by atoms with van der Waals surface area (Å²) in [7, 11) is 0. The molecule has 0 aromatic carbocycles. The summed E-state index contributed by atoms with van der Waals surface area (Å²) in [5, 5.41) is 9.33. The van der Waals surface area contributed by atoms with Crippen molar-refractivity contribution in [2.45, 2.75) is 233 Å². The number of esters is 1. The summed E-state index contributed by atoms with van der Waals surface area (Å²) in [5.41, 5.74) is 0. The minimum Gasteiger partial charge on any atom is -0.465 e. The van der Waals surface area contributed by atoms with E-state index in [1.165, 1.54) is 122 Å². The summed E-state index contributed by atoms with van der Waals surface area (Å²) in [5.74, 6) is 0.163. The van der Waals surface area contributed by atoms with Crippen molar-refractivity contribution in [3.8, 4) is 0 Å². The molecule has 1 N–H and O–H groups in total. The lowest BCUT2D eigenvalue weighted by molar-refractivity contribution is -0.149. The number of unbranched alkanes of at least 4 members (excludes halogenated alkanes) is 21. The van der Waals surface area contributed by atoms with E-state index in [2.05, 4.69) is 32.6 Å². The summed E-state index contributed by atoms with van der Waals surface area (Å²) in [6, 6.07) is 0. The number of carbonyl (C=O) groups excluding carboxylic acids is 1. The van der Waals surface area contributed by atoms with Crippen molar-refractivity contribution >= 4 is 5.97 Å². The monoisotopic (exact) mass is 726 g/mol. The molecule has 0 rings (SSSR count). The Morgan fingerprint density at radius 3 is 1.37 bits per heavy atom. The van der Waals surface area contributed by atoms with Crippen molar-refractivity contribution in [2.75, 3.05) is 46.1 Å². The van der Waals surface area contributed by atoms with Gasteiger partial charge in [-0.1, -0.05) is 156 Å². The Morgan fingerprint density at radius 2 is 0.824 bits per heavy atom. The maximum absolute atomic E-state index is 13.0. The number of hydrogen-bond acceptors (Lipinski definition) is 6. The molecule has 0 saturated carbocycles. The maximum Gasteiger partial charge on any atom is 0.308 e. The lowest BCUT2D eigenvalue weighted by atomic mass is 9.94. The molecular formula is C45H91NO5. The number of nitrogens with zero attached hydrogens (tertiary/aromatic N) is 1. The lowest BCUT2D eigenvalue weighted by Gasteiger charge is -2.23. The van der Waals surface area contributed by atoms with E-state index in [0.717, 1.165) is 110 Å². The molecule has 2 unspecified atom stereocenters. The maximum atomic E-state index is 13.0. The molecule has 0 amide bonds. The zero-order chi connectivity index (χ0) is 37.3. The Balaban J connectivity index is 4.40. The normalized spacial score (nSPS) is 12.9. The van der Waals surface area contributed by atoms with Crippen molar-refractivity contribution in [1.29, 1.82) is 0 Å². The van der Waals surface area contributed by atoms with Crippen molar-refractivity contribution in [1.82, 2.24) is 4.90 Å². The predicted molar refractivity (Wildman–Crippen MR) is 219 cm³/mol. The Morgan fingerprint density at radius 1 is 0.451 bits per heavy atom. The van der Waals surface area contributed by atoms with E-state index in [1.807, 2.05) is 0 Å². The van der Waals surface area contributed by atoms with Crippen LogP contribution in [0.5, 0.6) is 0 Å². The van der Waals surface area contributed by atoms with Gasteiger partial charge in [-0.3, -0.25) is 4.79 Å². The second-order valence-electron chi connectivity index (χ2n) is 15.5. The van der Waals surface area contributed by atoms with E-state index in [1.54, 1.807) is 0 Å². The van der Waals surface area contributed by atoms with E-state index < -0.39 is 0 Å². The number of hydrogen-bond donors (Lipinski definition) is 1. The van der Waals surface area contributed by atoms with Crippen LogP contribution in [0.25, 0.3) is 0 Å². The summed E-state index contributed by atoms with van der Waals surface area (Å²) in [4.78, 5) is 15.6. The molecule has 2 atom stereocenters. The molecule has 0 aliphatic heterocycles. The number of carbonyl (C=O) groups is 1. The Hall–Kier alpha value is -0.690. The van der Waals surface area contributed by atoms with Crippen LogP contribution in [0.2, 0.25) is 0 Å². The second-order valence-corrected chi connectivity index (χ2v) is 15.5. The SMILES string of the molecule is CCCCCCCCOC(CCCCCN(CCCCO)CCCCCCOC(=O)C(CCCCCC)CCCCCCCC)OCCCCC. The fourth-order valence-corrected chi connectivity index (χ4v) is 6.93. The van der Waals surface area contributed by atoms with E-state index >= 15 is 0 Å². The van der Waals surface area contributed by atoms with Crippen LogP contribution in [0.4, 0.5) is 0 Å². The summed E-state index contributed by atoms with van der Waals surface area (Å²) in [6.07, 6.45) is 36.7. The van der Waals surface area contributed by atoms with Crippen LogP contribution in [0.1, 0.15) is 227 Å². The van der Waals surface area contributed by atoms with E-state index in [-0.39, 0.29) is 24.8 Å². The first-order valence-corrected chi connectivity index (χ1v) is 22.9. The molecule has 0 heterocycles. The van der Waals surface area contributed by atoms with Gasteiger partial charge in [0.05, 0.1) is 12.5 Å². The van der Waals surface area contributed by atoms with Crippen LogP contribution < -0.4 is 0 Å². The van der Waals surface area contributed by atoms with Gasteiger partial charge in [0.1, 0.15) is 0 Å². The van der Waals surface area contributed by atoms with Gasteiger partial charge in [0, 0.05) is 19.8 Å². The van der Waals surface area contributed by atoms with Gasteiger partial charge in [-0.25, -0.2) is 0 Å². The molecule has 0 radical (unpaired) electrons. The van der Waals surface area contributed by atoms with Crippen LogP contribution >= 0.6 is 0 Å². The molecule has 306 valence electrons. The van der Waals surface area contributed by atoms with E-state index in [4.69, 9.17) is 14.2 Å². The van der Waals surface area contributed by atoms with Crippen LogP contribution in [-0.2, 0) is 19.0 Å². The van der Waals surface area contributed by atoms with Crippen molar-refractivity contribution < 1.29 is 24.1 Å². The van der Waals surface area contributed by atoms with Crippen molar-refractivity contribution in [3.63, 3.8) is 0 Å². The average molecular weight is 726 g/mol. The van der Waals surface area contributed by atoms with Gasteiger partial charge in [0.15, 0.2) is 6.29 Å². The largest absolute Gasteiger partial charge is 0.465 e.